The summed E-state index contributed by atoms with van der Waals surface area (Å²) in [6.07, 6.45) is 1.73. The summed E-state index contributed by atoms with van der Waals surface area (Å²) < 4.78 is 19.8. The van der Waals surface area contributed by atoms with E-state index in [9.17, 15) is 14.3 Å². The van der Waals surface area contributed by atoms with Gasteiger partial charge in [0.25, 0.3) is 0 Å². The van der Waals surface area contributed by atoms with Crippen LogP contribution >= 0.6 is 0 Å². The largest absolute Gasteiger partial charge is 0.487 e. The molecule has 1 heterocycles. The number of benzene rings is 1. The van der Waals surface area contributed by atoms with Crippen molar-refractivity contribution >= 4 is 11.6 Å². The van der Waals surface area contributed by atoms with Crippen molar-refractivity contribution in [2.45, 2.75) is 38.7 Å². The first-order chi connectivity index (χ1) is 10.4. The fourth-order valence-corrected chi connectivity index (χ4v) is 2.56. The van der Waals surface area contributed by atoms with Crippen LogP contribution in [-0.4, -0.2) is 28.9 Å². The van der Waals surface area contributed by atoms with Gasteiger partial charge in [-0.05, 0) is 37.5 Å². The molecule has 0 saturated heterocycles. The predicted octanol–water partition coefficient (Wildman–Crippen LogP) is 1.90. The second-order valence-electron chi connectivity index (χ2n) is 6.25. The van der Waals surface area contributed by atoms with Gasteiger partial charge in [-0.2, -0.15) is 5.10 Å². The summed E-state index contributed by atoms with van der Waals surface area (Å²) in [5.41, 5.74) is 3.59. The molecule has 1 saturated carbocycles. The van der Waals surface area contributed by atoms with Crippen LogP contribution in [0.15, 0.2) is 17.2 Å². The molecule has 1 amide bonds. The minimum atomic E-state index is -0.788. The first-order valence-corrected chi connectivity index (χ1v) is 7.40. The third-order valence-electron chi connectivity index (χ3n) is 4.10. The lowest BCUT2D eigenvalue weighted by Gasteiger charge is -2.20. The van der Waals surface area contributed by atoms with E-state index in [1.54, 1.807) is 13.0 Å². The van der Waals surface area contributed by atoms with Crippen molar-refractivity contribution < 1.29 is 19.0 Å². The number of carbonyl (C=O) groups is 1. The molecule has 1 atom stereocenters. The van der Waals surface area contributed by atoms with Crippen LogP contribution < -0.4 is 10.2 Å². The standard InChI is InChI=1S/C16H19FN2O3/c1-9-6-13(20)18-19-14(9)11-5-10(2)15(12(17)7-11)22-8-16(21)3-4-16/h5,7,9,21H,3-4,6,8H2,1-2H3,(H,18,20). The molecule has 0 spiro atoms. The number of hydrogen-bond donors (Lipinski definition) is 2. The zero-order valence-electron chi connectivity index (χ0n) is 12.6. The predicted molar refractivity (Wildman–Crippen MR) is 79.3 cm³/mol. The van der Waals surface area contributed by atoms with E-state index in [0.29, 0.717) is 36.1 Å². The Morgan fingerprint density at radius 2 is 2.23 bits per heavy atom. The number of nitrogens with one attached hydrogen (secondary N) is 1. The maximum Gasteiger partial charge on any atom is 0.240 e. The molecule has 6 heteroatoms. The molecule has 1 fully saturated rings. The molecular formula is C16H19FN2O3. The van der Waals surface area contributed by atoms with Gasteiger partial charge in [0.2, 0.25) is 5.91 Å². The summed E-state index contributed by atoms with van der Waals surface area (Å²) in [6, 6.07) is 3.16. The number of carbonyl (C=O) groups excluding carboxylic acids is 1. The molecule has 1 aliphatic heterocycles. The quantitative estimate of drug-likeness (QED) is 0.892. The Bertz CT molecular complexity index is 630. The van der Waals surface area contributed by atoms with E-state index in [0.717, 1.165) is 0 Å². The Morgan fingerprint density at radius 3 is 2.82 bits per heavy atom. The summed E-state index contributed by atoms with van der Waals surface area (Å²) >= 11 is 0. The van der Waals surface area contributed by atoms with Crippen molar-refractivity contribution in [3.05, 3.63) is 29.1 Å². The van der Waals surface area contributed by atoms with Gasteiger partial charge in [0.15, 0.2) is 11.6 Å². The topological polar surface area (TPSA) is 70.9 Å². The Morgan fingerprint density at radius 1 is 1.50 bits per heavy atom. The summed E-state index contributed by atoms with van der Waals surface area (Å²) in [5.74, 6) is -0.513. The van der Waals surface area contributed by atoms with Crippen LogP contribution in [0.1, 0.15) is 37.3 Å². The number of hydrazone groups is 1. The van der Waals surface area contributed by atoms with Crippen molar-refractivity contribution in [3.63, 3.8) is 0 Å². The minimum absolute atomic E-state index is 0.0634. The SMILES string of the molecule is Cc1cc(C2=NNC(=O)CC2C)cc(F)c1OCC1(O)CC1. The van der Waals surface area contributed by atoms with Crippen molar-refractivity contribution in [1.82, 2.24) is 5.43 Å². The minimum Gasteiger partial charge on any atom is -0.487 e. The van der Waals surface area contributed by atoms with Gasteiger partial charge < -0.3 is 9.84 Å². The number of aliphatic hydroxyl groups is 1. The van der Waals surface area contributed by atoms with E-state index in [-0.39, 0.29) is 24.2 Å². The maximum absolute atomic E-state index is 14.3. The summed E-state index contributed by atoms with van der Waals surface area (Å²) in [6.45, 7) is 3.75. The van der Waals surface area contributed by atoms with Crippen molar-refractivity contribution in [1.29, 1.82) is 0 Å². The van der Waals surface area contributed by atoms with E-state index in [4.69, 9.17) is 4.74 Å². The van der Waals surface area contributed by atoms with Gasteiger partial charge in [-0.25, -0.2) is 9.82 Å². The van der Waals surface area contributed by atoms with Gasteiger partial charge >= 0.3 is 0 Å². The molecule has 0 bridgehead atoms. The number of ether oxygens (including phenoxy) is 1. The Kier molecular flexibility index (Phi) is 3.64. The molecule has 2 N–H and O–H groups in total. The Hall–Kier alpha value is -1.95. The third-order valence-corrected chi connectivity index (χ3v) is 4.10. The van der Waals surface area contributed by atoms with Gasteiger partial charge in [0.05, 0.1) is 11.3 Å². The molecule has 22 heavy (non-hydrogen) atoms. The van der Waals surface area contributed by atoms with Crippen LogP contribution in [-0.2, 0) is 4.79 Å². The highest BCUT2D eigenvalue weighted by atomic mass is 19.1. The molecule has 118 valence electrons. The average Bonchev–Trinajstić information content (AvgIpc) is 3.15. The number of hydrogen-bond acceptors (Lipinski definition) is 4. The van der Waals surface area contributed by atoms with E-state index in [1.165, 1.54) is 6.07 Å². The van der Waals surface area contributed by atoms with Crippen LogP contribution in [0.5, 0.6) is 5.75 Å². The summed E-state index contributed by atoms with van der Waals surface area (Å²) in [4.78, 5) is 11.3. The van der Waals surface area contributed by atoms with Gasteiger partial charge in [-0.1, -0.05) is 6.92 Å². The summed E-state index contributed by atoms with van der Waals surface area (Å²) in [5, 5.41) is 13.8. The van der Waals surface area contributed by atoms with E-state index < -0.39 is 11.4 Å². The highest BCUT2D eigenvalue weighted by molar-refractivity contribution is 6.05. The second-order valence-corrected chi connectivity index (χ2v) is 6.25. The first-order valence-electron chi connectivity index (χ1n) is 7.40. The fraction of sp³-hybridized carbons (Fsp3) is 0.500. The molecule has 5 nitrogen and oxygen atoms in total. The molecule has 1 unspecified atom stereocenters. The molecule has 1 aliphatic carbocycles. The highest BCUT2D eigenvalue weighted by Crippen LogP contribution is 2.36. The lowest BCUT2D eigenvalue weighted by Crippen LogP contribution is -2.32. The smallest absolute Gasteiger partial charge is 0.240 e. The number of amides is 1. The van der Waals surface area contributed by atoms with Gasteiger partial charge in [-0.15, -0.1) is 0 Å². The van der Waals surface area contributed by atoms with E-state index >= 15 is 0 Å². The van der Waals surface area contributed by atoms with Crippen LogP contribution in [0.4, 0.5) is 4.39 Å². The molecule has 2 aliphatic rings. The Balaban J connectivity index is 1.84. The van der Waals surface area contributed by atoms with Crippen molar-refractivity contribution in [2.75, 3.05) is 6.61 Å². The molecular weight excluding hydrogens is 287 g/mol. The van der Waals surface area contributed by atoms with Crippen molar-refractivity contribution in [2.24, 2.45) is 11.0 Å². The Labute approximate surface area is 128 Å². The van der Waals surface area contributed by atoms with E-state index in [1.807, 2.05) is 6.92 Å². The second kappa shape index (κ2) is 5.35. The zero-order chi connectivity index (χ0) is 15.9. The normalized spacial score (nSPS) is 22.8. The van der Waals surface area contributed by atoms with Gasteiger partial charge in [0, 0.05) is 17.9 Å². The molecule has 1 aromatic carbocycles. The van der Waals surface area contributed by atoms with Crippen LogP contribution in [0.25, 0.3) is 0 Å². The zero-order valence-corrected chi connectivity index (χ0v) is 12.6. The van der Waals surface area contributed by atoms with E-state index in [2.05, 4.69) is 10.5 Å². The number of nitrogens with zero attached hydrogens (tertiary/aromatic N) is 1. The fourth-order valence-electron chi connectivity index (χ4n) is 2.56. The molecule has 0 aromatic heterocycles. The first kappa shape index (κ1) is 15.0. The van der Waals surface area contributed by atoms with Crippen LogP contribution in [0.3, 0.4) is 0 Å². The molecule has 1 aromatic rings. The summed E-state index contributed by atoms with van der Waals surface area (Å²) in [7, 11) is 0. The van der Waals surface area contributed by atoms with Crippen LogP contribution in [0, 0.1) is 18.7 Å². The highest BCUT2D eigenvalue weighted by Gasteiger charge is 2.41. The van der Waals surface area contributed by atoms with Crippen LogP contribution in [0.2, 0.25) is 0 Å². The number of aryl methyl sites for hydroxylation is 1. The van der Waals surface area contributed by atoms with Gasteiger partial charge in [0.1, 0.15) is 6.61 Å². The average molecular weight is 306 g/mol. The molecule has 3 rings (SSSR count). The third kappa shape index (κ3) is 2.97. The number of halogens is 1. The monoisotopic (exact) mass is 306 g/mol. The lowest BCUT2D eigenvalue weighted by atomic mass is 9.93. The van der Waals surface area contributed by atoms with Crippen molar-refractivity contribution in [3.8, 4) is 5.75 Å². The number of rotatable bonds is 4. The van der Waals surface area contributed by atoms with Gasteiger partial charge in [-0.3, -0.25) is 4.79 Å². The lowest BCUT2D eigenvalue weighted by molar-refractivity contribution is -0.121. The maximum atomic E-state index is 14.3. The molecule has 0 radical (unpaired) electrons.